The summed E-state index contributed by atoms with van der Waals surface area (Å²) in [6.07, 6.45) is 28.8. The van der Waals surface area contributed by atoms with Gasteiger partial charge >= 0.3 is 11.9 Å². The number of hydrogen-bond donors (Lipinski definition) is 0. The molecule has 4 unspecified atom stereocenters. The van der Waals surface area contributed by atoms with Gasteiger partial charge in [-0.2, -0.15) is 20.5 Å². The summed E-state index contributed by atoms with van der Waals surface area (Å²) in [5.41, 5.74) is 0. The molecule has 4 atom stereocenters. The molecule has 0 aromatic rings. The fourth-order valence-corrected chi connectivity index (χ4v) is 10.2. The van der Waals surface area contributed by atoms with E-state index in [-0.39, 0.29) is 36.1 Å². The van der Waals surface area contributed by atoms with Crippen LogP contribution in [-0.2, 0) is 23.8 Å². The van der Waals surface area contributed by atoms with E-state index >= 15 is 0 Å². The quantitative estimate of drug-likeness (QED) is 0.0497. The molecule has 0 aromatic heterocycles. The lowest BCUT2D eigenvalue weighted by atomic mass is 9.66. The number of esters is 2. The van der Waals surface area contributed by atoms with Crippen molar-refractivity contribution in [2.75, 3.05) is 26.3 Å². The van der Waals surface area contributed by atoms with E-state index in [2.05, 4.69) is 25.3 Å². The second kappa shape index (κ2) is 24.5. The molecular formula is C45H77N5O5. The monoisotopic (exact) mass is 768 g/mol. The maximum Gasteiger partial charge on any atom is 0.330 e. The summed E-state index contributed by atoms with van der Waals surface area (Å²) in [7, 11) is 0. The van der Waals surface area contributed by atoms with Gasteiger partial charge in [0.05, 0.1) is 42.8 Å². The first-order chi connectivity index (χ1) is 27.0. The smallest absolute Gasteiger partial charge is 0.330 e. The van der Waals surface area contributed by atoms with Crippen molar-refractivity contribution in [3.05, 3.63) is 12.7 Å². The van der Waals surface area contributed by atoms with E-state index in [4.69, 9.17) is 34.7 Å². The summed E-state index contributed by atoms with van der Waals surface area (Å²) in [4.78, 5) is 26.9. The van der Waals surface area contributed by atoms with Crippen LogP contribution in [0.2, 0.25) is 0 Å². The molecule has 5 fully saturated rings. The van der Waals surface area contributed by atoms with Gasteiger partial charge in [-0.1, -0.05) is 46.1 Å². The molecule has 10 heteroatoms. The normalized spacial score (nSPS) is 33.1. The lowest BCUT2D eigenvalue weighted by Crippen LogP contribution is -2.41. The maximum absolute atomic E-state index is 13.1. The molecule has 55 heavy (non-hydrogen) atoms. The fourth-order valence-electron chi connectivity index (χ4n) is 10.2. The SMILES string of the molecule is C=CC(=O)OCCCCCOC1CCC(C(=O)OC2CCC(N=NC3CCC(N=NC4CCC(N(CCCC)CCCC)CC4)C4CCCCC34)CC2)CC1. The number of unbranched alkanes of at least 4 members (excludes halogenated alkanes) is 4. The molecule has 0 bridgehead atoms. The van der Waals surface area contributed by atoms with Crippen LogP contribution in [0.15, 0.2) is 33.1 Å². The van der Waals surface area contributed by atoms with Crippen molar-refractivity contribution < 1.29 is 23.8 Å². The first-order valence-electron chi connectivity index (χ1n) is 23.1. The minimum atomic E-state index is -0.366. The summed E-state index contributed by atoms with van der Waals surface area (Å²) in [5, 5.41) is 20.2. The summed E-state index contributed by atoms with van der Waals surface area (Å²) in [5.74, 6) is 0.810. The van der Waals surface area contributed by atoms with Crippen LogP contribution in [0.1, 0.15) is 174 Å². The third-order valence-corrected chi connectivity index (χ3v) is 13.6. The molecule has 0 aromatic carbocycles. The lowest BCUT2D eigenvalue weighted by molar-refractivity contribution is -0.157. The van der Waals surface area contributed by atoms with Crippen LogP contribution in [0.3, 0.4) is 0 Å². The molecule has 0 radical (unpaired) electrons. The van der Waals surface area contributed by atoms with Gasteiger partial charge < -0.3 is 19.1 Å². The van der Waals surface area contributed by atoms with Gasteiger partial charge in [0.25, 0.3) is 0 Å². The average molecular weight is 768 g/mol. The molecule has 5 rings (SSSR count). The third kappa shape index (κ3) is 14.6. The van der Waals surface area contributed by atoms with Gasteiger partial charge in [-0.3, -0.25) is 4.79 Å². The first kappa shape index (κ1) is 43.9. The third-order valence-electron chi connectivity index (χ3n) is 13.6. The van der Waals surface area contributed by atoms with Crippen molar-refractivity contribution in [2.45, 2.75) is 217 Å². The van der Waals surface area contributed by atoms with Crippen molar-refractivity contribution in [1.82, 2.24) is 4.90 Å². The molecule has 5 saturated carbocycles. The second-order valence-electron chi connectivity index (χ2n) is 17.6. The Hall–Kier alpha value is -2.20. The zero-order chi connectivity index (χ0) is 38.7. The first-order valence-corrected chi connectivity index (χ1v) is 23.1. The Morgan fingerprint density at radius 2 is 1.16 bits per heavy atom. The van der Waals surface area contributed by atoms with Crippen molar-refractivity contribution in [1.29, 1.82) is 0 Å². The van der Waals surface area contributed by atoms with Gasteiger partial charge in [-0.15, -0.1) is 0 Å². The van der Waals surface area contributed by atoms with Gasteiger partial charge in [-0.25, -0.2) is 4.79 Å². The summed E-state index contributed by atoms with van der Waals surface area (Å²) < 4.78 is 17.1. The van der Waals surface area contributed by atoms with Crippen LogP contribution in [0, 0.1) is 17.8 Å². The summed E-state index contributed by atoms with van der Waals surface area (Å²) in [6, 6.07) is 2.10. The average Bonchev–Trinajstić information content (AvgIpc) is 3.23. The van der Waals surface area contributed by atoms with Crippen LogP contribution in [-0.4, -0.2) is 85.6 Å². The van der Waals surface area contributed by atoms with Crippen LogP contribution in [0.4, 0.5) is 0 Å². The van der Waals surface area contributed by atoms with E-state index in [0.29, 0.717) is 43.2 Å². The molecule has 0 spiro atoms. The molecular weight excluding hydrogens is 691 g/mol. The van der Waals surface area contributed by atoms with E-state index in [0.717, 1.165) is 89.5 Å². The zero-order valence-corrected chi connectivity index (χ0v) is 34.8. The molecule has 5 aliphatic rings. The highest BCUT2D eigenvalue weighted by Gasteiger charge is 2.41. The standard InChI is InChI=1S/C45H77N5O5/c1-4-7-30-50(31-8-5-2)37-22-18-35(19-23-37)46-48-42-28-29-43(41-15-11-10-14-40(41)42)49-47-36-20-26-39(27-21-36)55-45(52)34-16-24-38(25-17-34)53-32-12-9-13-33-54-44(51)6-3/h6,34-43H,3-5,7-33H2,1-2H3. The van der Waals surface area contributed by atoms with Crippen molar-refractivity contribution in [2.24, 2.45) is 38.2 Å². The molecule has 10 nitrogen and oxygen atoms in total. The predicted molar refractivity (Wildman–Crippen MR) is 218 cm³/mol. The van der Waals surface area contributed by atoms with E-state index in [9.17, 15) is 9.59 Å². The number of hydrogen-bond acceptors (Lipinski definition) is 10. The van der Waals surface area contributed by atoms with Crippen LogP contribution >= 0.6 is 0 Å². The van der Waals surface area contributed by atoms with Crippen molar-refractivity contribution >= 4 is 11.9 Å². The molecule has 0 N–H and O–H groups in total. The minimum absolute atomic E-state index is 0.00784. The van der Waals surface area contributed by atoms with Gasteiger partial charge in [0, 0.05) is 18.7 Å². The largest absolute Gasteiger partial charge is 0.463 e. The van der Waals surface area contributed by atoms with E-state index in [1.54, 1.807) is 0 Å². The van der Waals surface area contributed by atoms with Crippen LogP contribution in [0.25, 0.3) is 0 Å². The second-order valence-corrected chi connectivity index (χ2v) is 17.6. The number of carbonyl (C=O) groups excluding carboxylic acids is 2. The van der Waals surface area contributed by atoms with Crippen molar-refractivity contribution in [3.63, 3.8) is 0 Å². The van der Waals surface area contributed by atoms with E-state index < -0.39 is 0 Å². The van der Waals surface area contributed by atoms with Crippen LogP contribution < -0.4 is 0 Å². The minimum Gasteiger partial charge on any atom is -0.463 e. The molecule has 0 saturated heterocycles. The Balaban J connectivity index is 0.962. The Kier molecular flexibility index (Phi) is 19.6. The number of carbonyl (C=O) groups is 2. The number of azo groups is 2. The highest BCUT2D eigenvalue weighted by Crippen LogP contribution is 2.44. The number of rotatable bonds is 21. The maximum atomic E-state index is 13.1. The number of nitrogens with zero attached hydrogens (tertiary/aromatic N) is 5. The van der Waals surface area contributed by atoms with Gasteiger partial charge in [0.15, 0.2) is 0 Å². The molecule has 0 heterocycles. The van der Waals surface area contributed by atoms with Gasteiger partial charge in [0.1, 0.15) is 6.10 Å². The van der Waals surface area contributed by atoms with Gasteiger partial charge in [-0.05, 0) is 160 Å². The Morgan fingerprint density at radius 3 is 1.73 bits per heavy atom. The van der Waals surface area contributed by atoms with Crippen LogP contribution in [0.5, 0.6) is 0 Å². The Bertz CT molecular complexity index is 1170. The number of fused-ring (bicyclic) bond motifs is 1. The van der Waals surface area contributed by atoms with E-state index in [1.807, 2.05) is 0 Å². The fraction of sp³-hybridized carbons (Fsp3) is 0.911. The van der Waals surface area contributed by atoms with Gasteiger partial charge in [0.2, 0.25) is 0 Å². The topological polar surface area (TPSA) is 115 Å². The molecule has 0 aliphatic heterocycles. The highest BCUT2D eigenvalue weighted by atomic mass is 16.5. The van der Waals surface area contributed by atoms with Crippen molar-refractivity contribution in [3.8, 4) is 0 Å². The lowest BCUT2D eigenvalue weighted by Gasteiger charge is -2.42. The number of ether oxygens (including phenoxy) is 3. The Morgan fingerprint density at radius 1 is 0.618 bits per heavy atom. The summed E-state index contributed by atoms with van der Waals surface area (Å²) >= 11 is 0. The molecule has 312 valence electrons. The van der Waals surface area contributed by atoms with E-state index in [1.165, 1.54) is 96.2 Å². The summed E-state index contributed by atoms with van der Waals surface area (Å²) in [6.45, 7) is 11.7. The molecule has 5 aliphatic carbocycles. The Labute approximate surface area is 333 Å². The zero-order valence-electron chi connectivity index (χ0n) is 34.8. The predicted octanol–water partition coefficient (Wildman–Crippen LogP) is 10.8. The molecule has 0 amide bonds. The highest BCUT2D eigenvalue weighted by molar-refractivity contribution is 5.81.